The first-order valence-electron chi connectivity index (χ1n) is 8.44. The molecule has 0 unspecified atom stereocenters. The van der Waals surface area contributed by atoms with Gasteiger partial charge in [-0.2, -0.15) is 0 Å². The monoisotopic (exact) mass is 386 g/mol. The van der Waals surface area contributed by atoms with Crippen LogP contribution in [0.15, 0.2) is 60.0 Å². The summed E-state index contributed by atoms with van der Waals surface area (Å²) in [5.74, 6) is 0.0502. The van der Waals surface area contributed by atoms with Gasteiger partial charge in [0.1, 0.15) is 0 Å². The predicted molar refractivity (Wildman–Crippen MR) is 111 cm³/mol. The van der Waals surface area contributed by atoms with E-state index in [1.165, 1.54) is 16.5 Å². The van der Waals surface area contributed by atoms with Crippen LogP contribution in [0.25, 0.3) is 0 Å². The zero-order valence-corrected chi connectivity index (χ0v) is 16.5. The first-order valence-corrected chi connectivity index (χ1v) is 10.6. The summed E-state index contributed by atoms with van der Waals surface area (Å²) in [7, 11) is -3.16. The van der Waals surface area contributed by atoms with E-state index in [1.54, 1.807) is 6.08 Å². The molecule has 4 nitrogen and oxygen atoms in total. The van der Waals surface area contributed by atoms with Gasteiger partial charge in [-0.1, -0.05) is 36.4 Å². The zero-order valence-electron chi connectivity index (χ0n) is 14.8. The maximum absolute atomic E-state index is 11.9. The van der Waals surface area contributed by atoms with Gasteiger partial charge in [0, 0.05) is 17.6 Å². The van der Waals surface area contributed by atoms with Crippen LogP contribution in [0.4, 0.5) is 5.69 Å². The number of aryl methyl sites for hydroxylation is 2. The number of nitrogens with zero attached hydrogens (tertiary/aromatic N) is 1. The Morgan fingerprint density at radius 2 is 1.88 bits per heavy atom. The number of sulfone groups is 1. The molecular formula is C20H22N2O2S2. The van der Waals surface area contributed by atoms with Crippen LogP contribution in [0.5, 0.6) is 0 Å². The average Bonchev–Trinajstić information content (AvgIpc) is 2.96. The first kappa shape index (κ1) is 18.6. The Hall–Kier alpha value is -2.18. The van der Waals surface area contributed by atoms with Crippen molar-refractivity contribution in [2.24, 2.45) is 0 Å². The first-order chi connectivity index (χ1) is 12.3. The number of hydrogen-bond donors (Lipinski definition) is 1. The summed E-state index contributed by atoms with van der Waals surface area (Å²) in [4.78, 5) is 1.93. The minimum absolute atomic E-state index is 0.0502. The predicted octanol–water partition coefficient (Wildman–Crippen LogP) is 3.81. The van der Waals surface area contributed by atoms with E-state index < -0.39 is 9.84 Å². The molecule has 0 bridgehead atoms. The number of thiocarbonyl (C=S) groups is 1. The van der Waals surface area contributed by atoms with E-state index in [0.717, 1.165) is 11.3 Å². The van der Waals surface area contributed by atoms with Crippen molar-refractivity contribution in [1.29, 1.82) is 0 Å². The Bertz CT molecular complexity index is 938. The van der Waals surface area contributed by atoms with Gasteiger partial charge in [-0.15, -0.1) is 0 Å². The Labute approximate surface area is 160 Å². The Morgan fingerprint density at radius 3 is 2.50 bits per heavy atom. The highest BCUT2D eigenvalue weighted by molar-refractivity contribution is 7.94. The number of anilines is 1. The molecule has 2 aromatic rings. The van der Waals surface area contributed by atoms with Gasteiger partial charge in [0.05, 0.1) is 11.8 Å². The van der Waals surface area contributed by atoms with E-state index in [4.69, 9.17) is 12.2 Å². The molecule has 0 spiro atoms. The fourth-order valence-electron chi connectivity index (χ4n) is 2.89. The fourth-order valence-corrected chi connectivity index (χ4v) is 4.50. The third-order valence-corrected chi connectivity index (χ3v) is 6.24. The van der Waals surface area contributed by atoms with Gasteiger partial charge in [-0.05, 0) is 61.0 Å². The van der Waals surface area contributed by atoms with Gasteiger partial charge in [0.2, 0.25) is 0 Å². The largest absolute Gasteiger partial charge is 0.337 e. The second-order valence-electron chi connectivity index (χ2n) is 6.57. The second kappa shape index (κ2) is 7.60. The fraction of sp³-hybridized carbons (Fsp3) is 0.250. The molecule has 1 aliphatic heterocycles. The molecule has 136 valence electrons. The summed E-state index contributed by atoms with van der Waals surface area (Å²) in [6, 6.07) is 15.7. The normalized spacial score (nSPS) is 17.8. The van der Waals surface area contributed by atoms with Crippen molar-refractivity contribution in [2.45, 2.75) is 26.4 Å². The number of benzene rings is 2. The van der Waals surface area contributed by atoms with Crippen LogP contribution in [0.1, 0.15) is 16.7 Å². The molecule has 1 atom stereocenters. The van der Waals surface area contributed by atoms with E-state index in [1.807, 2.05) is 53.4 Å². The molecule has 0 amide bonds. The SMILES string of the molecule is Cc1ccc(NC(=S)N(Cc2ccccc2)[C@@H]2C=CS(=O)(=O)C2)cc1C. The number of nitrogens with one attached hydrogen (secondary N) is 1. The average molecular weight is 387 g/mol. The van der Waals surface area contributed by atoms with Crippen molar-refractivity contribution in [3.63, 3.8) is 0 Å². The lowest BCUT2D eigenvalue weighted by molar-refractivity contribution is 0.380. The summed E-state index contributed by atoms with van der Waals surface area (Å²) < 4.78 is 23.8. The third-order valence-electron chi connectivity index (χ3n) is 4.53. The van der Waals surface area contributed by atoms with Crippen LogP contribution in [0.3, 0.4) is 0 Å². The molecule has 0 saturated heterocycles. The van der Waals surface area contributed by atoms with Crippen molar-refractivity contribution in [1.82, 2.24) is 4.90 Å². The molecule has 0 aromatic heterocycles. The second-order valence-corrected chi connectivity index (χ2v) is 8.89. The van der Waals surface area contributed by atoms with Crippen LogP contribution in [-0.4, -0.2) is 30.2 Å². The highest BCUT2D eigenvalue weighted by atomic mass is 32.2. The molecule has 26 heavy (non-hydrogen) atoms. The van der Waals surface area contributed by atoms with Gasteiger partial charge in [-0.25, -0.2) is 8.42 Å². The minimum Gasteiger partial charge on any atom is -0.337 e. The lowest BCUT2D eigenvalue weighted by Crippen LogP contribution is -2.42. The number of rotatable bonds is 4. The zero-order chi connectivity index (χ0) is 18.7. The maximum Gasteiger partial charge on any atom is 0.174 e. The standard InChI is InChI=1S/C20H22N2O2S2/c1-15-8-9-18(12-16(15)2)21-20(25)22(13-17-6-4-3-5-7-17)19-10-11-26(23,24)14-19/h3-12,19H,13-14H2,1-2H3,(H,21,25)/t19-/m1/s1. The van der Waals surface area contributed by atoms with Gasteiger partial charge in [-0.3, -0.25) is 0 Å². The van der Waals surface area contributed by atoms with Crippen molar-refractivity contribution in [3.8, 4) is 0 Å². The highest BCUT2D eigenvalue weighted by Crippen LogP contribution is 2.20. The number of hydrogen-bond acceptors (Lipinski definition) is 3. The van der Waals surface area contributed by atoms with Gasteiger partial charge in [0.25, 0.3) is 0 Å². The van der Waals surface area contributed by atoms with Crippen molar-refractivity contribution < 1.29 is 8.42 Å². The van der Waals surface area contributed by atoms with Crippen LogP contribution in [0, 0.1) is 13.8 Å². The summed E-state index contributed by atoms with van der Waals surface area (Å²) in [6.07, 6.45) is 1.71. The molecule has 2 aromatic carbocycles. The Morgan fingerprint density at radius 1 is 1.15 bits per heavy atom. The van der Waals surface area contributed by atoms with Crippen LogP contribution in [-0.2, 0) is 16.4 Å². The molecule has 0 radical (unpaired) electrons. The lowest BCUT2D eigenvalue weighted by atomic mass is 10.1. The summed E-state index contributed by atoms with van der Waals surface area (Å²) in [6.45, 7) is 4.66. The topological polar surface area (TPSA) is 49.4 Å². The summed E-state index contributed by atoms with van der Waals surface area (Å²) in [5.41, 5.74) is 4.37. The maximum atomic E-state index is 11.9. The molecule has 1 heterocycles. The van der Waals surface area contributed by atoms with Gasteiger partial charge in [0.15, 0.2) is 14.9 Å². The van der Waals surface area contributed by atoms with Crippen molar-refractivity contribution in [2.75, 3.05) is 11.1 Å². The van der Waals surface area contributed by atoms with E-state index in [-0.39, 0.29) is 11.8 Å². The van der Waals surface area contributed by atoms with E-state index in [9.17, 15) is 8.42 Å². The van der Waals surface area contributed by atoms with E-state index >= 15 is 0 Å². The molecule has 0 aliphatic carbocycles. The molecule has 1 N–H and O–H groups in total. The molecular weight excluding hydrogens is 364 g/mol. The third kappa shape index (κ3) is 4.51. The van der Waals surface area contributed by atoms with Crippen molar-refractivity contribution >= 4 is 32.9 Å². The van der Waals surface area contributed by atoms with Gasteiger partial charge < -0.3 is 10.2 Å². The molecule has 6 heteroatoms. The van der Waals surface area contributed by atoms with E-state index in [2.05, 4.69) is 19.2 Å². The molecule has 0 saturated carbocycles. The summed E-state index contributed by atoms with van der Waals surface area (Å²) >= 11 is 5.63. The molecule has 3 rings (SSSR count). The highest BCUT2D eigenvalue weighted by Gasteiger charge is 2.28. The van der Waals surface area contributed by atoms with Crippen LogP contribution < -0.4 is 5.32 Å². The summed E-state index contributed by atoms with van der Waals surface area (Å²) in [5, 5.41) is 5.07. The smallest absolute Gasteiger partial charge is 0.174 e. The van der Waals surface area contributed by atoms with Crippen molar-refractivity contribution in [3.05, 3.63) is 76.7 Å². The van der Waals surface area contributed by atoms with Crippen LogP contribution >= 0.6 is 12.2 Å². The molecule has 1 aliphatic rings. The minimum atomic E-state index is -3.16. The van der Waals surface area contributed by atoms with Gasteiger partial charge >= 0.3 is 0 Å². The van der Waals surface area contributed by atoms with Crippen LogP contribution in [0.2, 0.25) is 0 Å². The lowest BCUT2D eigenvalue weighted by Gasteiger charge is -2.30. The quantitative estimate of drug-likeness (QED) is 0.810. The van der Waals surface area contributed by atoms with E-state index in [0.29, 0.717) is 11.7 Å². The Kier molecular flexibility index (Phi) is 5.44. The molecule has 0 fully saturated rings. The Balaban J connectivity index is 1.83.